The van der Waals surface area contributed by atoms with Gasteiger partial charge in [-0.2, -0.15) is 15.3 Å². The van der Waals surface area contributed by atoms with Gasteiger partial charge in [0.1, 0.15) is 35.2 Å². The zero-order valence-electron chi connectivity index (χ0n) is 21.5. The topological polar surface area (TPSA) is 188 Å². The number of benzene rings is 1. The van der Waals surface area contributed by atoms with Crippen molar-refractivity contribution >= 4 is 19.5 Å². The molecule has 0 radical (unpaired) electrons. The van der Waals surface area contributed by atoms with Crippen LogP contribution in [0.2, 0.25) is 0 Å². The maximum atomic E-state index is 13.7. The molecule has 0 bridgehead atoms. The second-order valence-corrected chi connectivity index (χ2v) is 11.0. The van der Waals surface area contributed by atoms with Crippen LogP contribution in [0.25, 0.3) is 0 Å². The Morgan fingerprint density at radius 1 is 1.34 bits per heavy atom. The molecule has 206 valence electrons. The van der Waals surface area contributed by atoms with Gasteiger partial charge in [-0.3, -0.25) is 13.9 Å². The zero-order valence-corrected chi connectivity index (χ0v) is 22.4. The summed E-state index contributed by atoms with van der Waals surface area (Å²) in [4.78, 5) is 28.2. The van der Waals surface area contributed by atoms with E-state index >= 15 is 0 Å². The normalized spacial score (nSPS) is 25.3. The predicted molar refractivity (Wildman–Crippen MR) is 136 cm³/mol. The predicted octanol–water partition coefficient (Wildman–Crippen LogP) is 1.62. The summed E-state index contributed by atoms with van der Waals surface area (Å²) >= 11 is 0. The van der Waals surface area contributed by atoms with Gasteiger partial charge in [0, 0.05) is 6.20 Å². The third kappa shape index (κ3) is 6.98. The van der Waals surface area contributed by atoms with Crippen molar-refractivity contribution in [2.45, 2.75) is 64.7 Å². The molecule has 2 aromatic rings. The van der Waals surface area contributed by atoms with Gasteiger partial charge in [0.05, 0.1) is 31.4 Å². The molecule has 1 aromatic heterocycles. The third-order valence-electron chi connectivity index (χ3n) is 5.91. The lowest BCUT2D eigenvalue weighted by Crippen LogP contribution is -2.41. The molecule has 1 aromatic carbocycles. The number of nitrogens with zero attached hydrogens (tertiary/aromatic N) is 3. The number of rotatable bonds is 11. The van der Waals surface area contributed by atoms with E-state index in [1.165, 1.54) is 30.7 Å². The van der Waals surface area contributed by atoms with Gasteiger partial charge in [0.25, 0.3) is 0 Å². The summed E-state index contributed by atoms with van der Waals surface area (Å²) in [5, 5.41) is 23.4. The Morgan fingerprint density at radius 2 is 2.03 bits per heavy atom. The first kappa shape index (κ1) is 29.3. The van der Waals surface area contributed by atoms with Crippen LogP contribution in [0.4, 0.5) is 5.82 Å². The Morgan fingerprint density at radius 3 is 2.63 bits per heavy atom. The van der Waals surface area contributed by atoms with Crippen molar-refractivity contribution in [2.75, 3.05) is 12.3 Å². The molecule has 3 rings (SSSR count). The van der Waals surface area contributed by atoms with Gasteiger partial charge in [0.2, 0.25) is 0 Å². The molecule has 0 unspecified atom stereocenters. The number of carbonyl (C=O) groups is 1. The molecule has 13 nitrogen and oxygen atoms in total. The molecule has 2 heterocycles. The first-order chi connectivity index (χ1) is 17.9. The number of hydrogen-bond acceptors (Lipinski definition) is 11. The number of nitrogens with one attached hydrogen (secondary N) is 1. The number of aromatic nitrogens is 2. The molecule has 4 N–H and O–H groups in total. The maximum Gasteiger partial charge on any atom is 0.459 e. The molecule has 38 heavy (non-hydrogen) atoms. The monoisotopic (exact) mass is 549 g/mol. The van der Waals surface area contributed by atoms with Crippen molar-refractivity contribution in [2.24, 2.45) is 5.41 Å². The number of anilines is 1. The van der Waals surface area contributed by atoms with Crippen LogP contribution in [0.1, 0.15) is 27.7 Å². The van der Waals surface area contributed by atoms with Crippen molar-refractivity contribution in [3.63, 3.8) is 0 Å². The number of nitrogens with two attached hydrogens (primary N) is 1. The van der Waals surface area contributed by atoms with Crippen molar-refractivity contribution in [3.05, 3.63) is 53.1 Å². The number of aliphatic hydroxyl groups excluding tert-OH is 1. The molecule has 0 amide bonds. The molecular weight excluding hydrogens is 517 g/mol. The van der Waals surface area contributed by atoms with E-state index in [9.17, 15) is 24.5 Å². The van der Waals surface area contributed by atoms with E-state index in [2.05, 4.69) is 16.1 Å². The van der Waals surface area contributed by atoms with E-state index in [4.69, 9.17) is 24.3 Å². The lowest BCUT2D eigenvalue weighted by Gasteiger charge is -2.26. The number of nitrogen functional groups attached to an aromatic ring is 1. The molecule has 6 atom stereocenters. The zero-order chi connectivity index (χ0) is 28.1. The summed E-state index contributed by atoms with van der Waals surface area (Å²) < 4.78 is 37.2. The smallest absolute Gasteiger partial charge is 0.459 e. The minimum absolute atomic E-state index is 0.0427. The second kappa shape index (κ2) is 12.1. The van der Waals surface area contributed by atoms with Crippen LogP contribution in [0, 0.1) is 16.7 Å². The average Bonchev–Trinajstić information content (AvgIpc) is 3.09. The number of esters is 1. The van der Waals surface area contributed by atoms with Gasteiger partial charge in [-0.25, -0.2) is 9.36 Å². The Bertz CT molecular complexity index is 1270. The molecule has 1 aliphatic rings. The van der Waals surface area contributed by atoms with E-state index in [0.29, 0.717) is 0 Å². The lowest BCUT2D eigenvalue weighted by molar-refractivity contribution is -0.149. The molecule has 0 spiro atoms. The van der Waals surface area contributed by atoms with Crippen LogP contribution in [0.3, 0.4) is 0 Å². The van der Waals surface area contributed by atoms with Crippen molar-refractivity contribution in [1.82, 2.24) is 14.6 Å². The summed E-state index contributed by atoms with van der Waals surface area (Å²) in [6.45, 7) is 5.72. The molecule has 1 saturated heterocycles. The summed E-state index contributed by atoms with van der Waals surface area (Å²) in [5.74, 6) is -0.422. The van der Waals surface area contributed by atoms with E-state index < -0.39 is 61.9 Å². The number of ether oxygens (including phenoxy) is 2. The van der Waals surface area contributed by atoms with E-state index in [1.54, 1.807) is 44.2 Å². The highest BCUT2D eigenvalue weighted by Gasteiger charge is 2.54. The summed E-state index contributed by atoms with van der Waals surface area (Å²) in [7, 11) is -4.23. The fraction of sp³-hybridized carbons (Fsp3) is 0.500. The summed E-state index contributed by atoms with van der Waals surface area (Å²) in [6, 6.07) is 10.6. The Balaban J connectivity index is 1.78. The van der Waals surface area contributed by atoms with Crippen LogP contribution >= 0.6 is 7.75 Å². The molecule has 1 aliphatic heterocycles. The summed E-state index contributed by atoms with van der Waals surface area (Å²) in [5.41, 5.74) is 3.45. The second-order valence-electron chi connectivity index (χ2n) is 9.32. The maximum absolute atomic E-state index is 13.7. The minimum atomic E-state index is -4.23. The van der Waals surface area contributed by atoms with E-state index in [-0.39, 0.29) is 18.1 Å². The average molecular weight is 550 g/mol. The van der Waals surface area contributed by atoms with Gasteiger partial charge < -0.3 is 24.8 Å². The van der Waals surface area contributed by atoms with Crippen LogP contribution in [-0.4, -0.2) is 57.7 Å². The van der Waals surface area contributed by atoms with Crippen LogP contribution < -0.4 is 21.0 Å². The molecule has 0 saturated carbocycles. The van der Waals surface area contributed by atoms with Gasteiger partial charge >= 0.3 is 19.4 Å². The molecule has 14 heteroatoms. The lowest BCUT2D eigenvalue weighted by atomic mass is 9.81. The Hall–Kier alpha value is -3.27. The quantitative estimate of drug-likeness (QED) is 0.272. The van der Waals surface area contributed by atoms with Crippen LogP contribution in [-0.2, 0) is 29.9 Å². The van der Waals surface area contributed by atoms with Crippen molar-refractivity contribution in [3.8, 4) is 11.8 Å². The number of nitriles is 1. The summed E-state index contributed by atoms with van der Waals surface area (Å²) in [6.07, 6.45) is -2.42. The van der Waals surface area contributed by atoms with E-state index in [0.717, 1.165) is 0 Å². The Labute approximate surface area is 220 Å². The SMILES string of the molecule is CC(C)OC(=O)[C@@H](C)N[P@@](=O)(OC[C@H]1O[C@@H](Cn2ccc(N)nc2=O)[C@](C)(C#N)[C@@H]1O)Oc1ccccc1. The van der Waals surface area contributed by atoms with Crippen LogP contribution in [0.15, 0.2) is 47.4 Å². The van der Waals surface area contributed by atoms with Crippen LogP contribution in [0.5, 0.6) is 5.75 Å². The number of carbonyl (C=O) groups excluding carboxylic acids is 1. The molecular formula is C24H32N5O8P. The van der Waals surface area contributed by atoms with Crippen molar-refractivity contribution < 1.29 is 33.0 Å². The van der Waals surface area contributed by atoms with E-state index in [1.807, 2.05) is 0 Å². The standard InChI is InChI=1S/C24H32N5O8P/c1-15(2)35-22(31)16(3)28-38(33,37-17-8-6-5-7-9-17)34-13-18-21(30)24(4,14-25)19(36-18)12-29-11-10-20(26)27-23(29)32/h5-11,15-16,18-19,21,30H,12-13H2,1-4H3,(H,28,33)(H2,26,27,32)/t16-,18-,19+,21-,24+,38-/m1/s1. The third-order valence-corrected chi connectivity index (χ3v) is 7.55. The van der Waals surface area contributed by atoms with Gasteiger partial charge in [-0.05, 0) is 45.9 Å². The van der Waals surface area contributed by atoms with Crippen molar-refractivity contribution in [1.29, 1.82) is 5.26 Å². The first-order valence-electron chi connectivity index (χ1n) is 11.9. The molecule has 0 aliphatic carbocycles. The van der Waals surface area contributed by atoms with Gasteiger partial charge in [0.15, 0.2) is 0 Å². The van der Waals surface area contributed by atoms with Gasteiger partial charge in [-0.1, -0.05) is 18.2 Å². The number of aliphatic hydroxyl groups is 1. The minimum Gasteiger partial charge on any atom is -0.462 e. The highest BCUT2D eigenvalue weighted by atomic mass is 31.2. The van der Waals surface area contributed by atoms with Gasteiger partial charge in [-0.15, -0.1) is 0 Å². The molecule has 1 fully saturated rings. The fourth-order valence-corrected chi connectivity index (χ4v) is 5.27. The largest absolute Gasteiger partial charge is 0.462 e. The first-order valence-corrected chi connectivity index (χ1v) is 13.5. The number of para-hydroxylation sites is 1. The fourth-order valence-electron chi connectivity index (χ4n) is 3.77. The Kier molecular flexibility index (Phi) is 9.30. The highest BCUT2D eigenvalue weighted by molar-refractivity contribution is 7.52. The number of hydrogen-bond donors (Lipinski definition) is 3. The highest BCUT2D eigenvalue weighted by Crippen LogP contribution is 2.47.